The topological polar surface area (TPSA) is 44.8 Å². The van der Waals surface area contributed by atoms with Crippen LogP contribution < -0.4 is 9.47 Å². The molecular weight excluding hydrogens is 347 g/mol. The van der Waals surface area contributed by atoms with Gasteiger partial charge in [-0.25, -0.2) is 4.79 Å². The first-order valence-corrected chi connectivity index (χ1v) is 6.72. The van der Waals surface area contributed by atoms with E-state index >= 15 is 0 Å². The molecule has 4 nitrogen and oxygen atoms in total. The molecule has 18 heavy (non-hydrogen) atoms. The maximum absolute atomic E-state index is 11.4. The maximum atomic E-state index is 11.4. The van der Waals surface area contributed by atoms with Crippen molar-refractivity contribution in [2.24, 2.45) is 5.92 Å². The highest BCUT2D eigenvalue weighted by Gasteiger charge is 2.07. The summed E-state index contributed by atoms with van der Waals surface area (Å²) in [4.78, 5) is 11.4. The standard InChI is InChI=1S/C13H17IO4/c1-9(2)7-18-13(15)8-17-10-4-5-11(14)12(6-10)16-3/h4-6,9H,7-8H2,1-3H3. The molecule has 5 heteroatoms. The summed E-state index contributed by atoms with van der Waals surface area (Å²) in [7, 11) is 1.60. The van der Waals surface area contributed by atoms with E-state index in [0.717, 1.165) is 9.32 Å². The van der Waals surface area contributed by atoms with Gasteiger partial charge in [0.05, 0.1) is 17.3 Å². The Labute approximate surface area is 121 Å². The lowest BCUT2D eigenvalue weighted by Crippen LogP contribution is -2.17. The molecular formula is C13H17IO4. The average molecular weight is 364 g/mol. The van der Waals surface area contributed by atoms with Crippen molar-refractivity contribution in [1.82, 2.24) is 0 Å². The fourth-order valence-electron chi connectivity index (χ4n) is 1.17. The number of benzene rings is 1. The molecule has 0 amide bonds. The van der Waals surface area contributed by atoms with E-state index in [1.165, 1.54) is 0 Å². The Hall–Kier alpha value is -0.980. The van der Waals surface area contributed by atoms with E-state index < -0.39 is 0 Å². The minimum Gasteiger partial charge on any atom is -0.496 e. The van der Waals surface area contributed by atoms with Crippen LogP contribution in [0.3, 0.4) is 0 Å². The van der Waals surface area contributed by atoms with Gasteiger partial charge in [0.15, 0.2) is 6.61 Å². The van der Waals surface area contributed by atoms with Crippen LogP contribution in [0.25, 0.3) is 0 Å². The highest BCUT2D eigenvalue weighted by atomic mass is 127. The van der Waals surface area contributed by atoms with E-state index in [-0.39, 0.29) is 12.6 Å². The van der Waals surface area contributed by atoms with E-state index in [2.05, 4.69) is 22.6 Å². The van der Waals surface area contributed by atoms with Gasteiger partial charge in [0.25, 0.3) is 0 Å². The molecule has 0 fully saturated rings. The van der Waals surface area contributed by atoms with Gasteiger partial charge in [-0.3, -0.25) is 0 Å². The maximum Gasteiger partial charge on any atom is 0.344 e. The minimum atomic E-state index is -0.360. The van der Waals surface area contributed by atoms with Gasteiger partial charge in [-0.15, -0.1) is 0 Å². The van der Waals surface area contributed by atoms with Crippen molar-refractivity contribution in [3.05, 3.63) is 21.8 Å². The SMILES string of the molecule is COc1cc(OCC(=O)OCC(C)C)ccc1I. The first-order valence-electron chi connectivity index (χ1n) is 5.65. The third kappa shape index (κ3) is 5.12. The first kappa shape index (κ1) is 15.1. The van der Waals surface area contributed by atoms with E-state index in [0.29, 0.717) is 18.3 Å². The molecule has 0 aliphatic rings. The second kappa shape index (κ2) is 7.45. The summed E-state index contributed by atoms with van der Waals surface area (Å²) in [5.41, 5.74) is 0. The van der Waals surface area contributed by atoms with E-state index in [9.17, 15) is 4.79 Å². The van der Waals surface area contributed by atoms with Crippen molar-refractivity contribution >= 4 is 28.6 Å². The molecule has 0 atom stereocenters. The number of carbonyl (C=O) groups excluding carboxylic acids is 1. The van der Waals surface area contributed by atoms with Gasteiger partial charge in [-0.2, -0.15) is 0 Å². The summed E-state index contributed by atoms with van der Waals surface area (Å²) in [5.74, 6) is 1.28. The van der Waals surface area contributed by atoms with Crippen LogP contribution in [0.1, 0.15) is 13.8 Å². The molecule has 0 unspecified atom stereocenters. The Bertz CT molecular complexity index is 404. The Balaban J connectivity index is 2.46. The van der Waals surface area contributed by atoms with Gasteiger partial charge in [-0.1, -0.05) is 13.8 Å². The predicted octanol–water partition coefficient (Wildman–Crippen LogP) is 2.88. The molecule has 0 heterocycles. The van der Waals surface area contributed by atoms with Crippen LogP contribution in [0, 0.1) is 9.49 Å². The predicted molar refractivity (Wildman–Crippen MR) is 77.0 cm³/mol. The molecule has 1 rings (SSSR count). The average Bonchev–Trinajstić information content (AvgIpc) is 2.35. The first-order chi connectivity index (χ1) is 8.52. The van der Waals surface area contributed by atoms with Crippen LogP contribution in [0.5, 0.6) is 11.5 Å². The van der Waals surface area contributed by atoms with Crippen LogP contribution in [0.2, 0.25) is 0 Å². The fraction of sp³-hybridized carbons (Fsp3) is 0.462. The number of methoxy groups -OCH3 is 1. The lowest BCUT2D eigenvalue weighted by Gasteiger charge is -2.10. The van der Waals surface area contributed by atoms with Crippen molar-refractivity contribution in [2.45, 2.75) is 13.8 Å². The van der Waals surface area contributed by atoms with Gasteiger partial charge in [0.2, 0.25) is 0 Å². The summed E-state index contributed by atoms with van der Waals surface area (Å²) in [6.07, 6.45) is 0. The Kier molecular flexibility index (Phi) is 6.24. The molecule has 0 aliphatic carbocycles. The molecule has 0 aromatic heterocycles. The molecule has 0 aliphatic heterocycles. The van der Waals surface area contributed by atoms with Crippen molar-refractivity contribution < 1.29 is 19.0 Å². The number of ether oxygens (including phenoxy) is 3. The van der Waals surface area contributed by atoms with Crippen LogP contribution in [0.15, 0.2) is 18.2 Å². The normalized spacial score (nSPS) is 10.3. The number of halogens is 1. The van der Waals surface area contributed by atoms with Crippen LogP contribution in [-0.4, -0.2) is 26.3 Å². The molecule has 0 radical (unpaired) electrons. The van der Waals surface area contributed by atoms with Gasteiger partial charge in [-0.05, 0) is 40.6 Å². The minimum absolute atomic E-state index is 0.0868. The molecule has 0 saturated heterocycles. The molecule has 100 valence electrons. The number of hydrogen-bond acceptors (Lipinski definition) is 4. The third-order valence-corrected chi connectivity index (χ3v) is 2.95. The number of esters is 1. The van der Waals surface area contributed by atoms with Gasteiger partial charge in [0.1, 0.15) is 11.5 Å². The quantitative estimate of drug-likeness (QED) is 0.575. The van der Waals surface area contributed by atoms with Crippen molar-refractivity contribution in [3.8, 4) is 11.5 Å². The van der Waals surface area contributed by atoms with Crippen LogP contribution in [0.4, 0.5) is 0 Å². The van der Waals surface area contributed by atoms with Crippen molar-refractivity contribution in [3.63, 3.8) is 0 Å². The van der Waals surface area contributed by atoms with E-state index in [1.807, 2.05) is 19.9 Å². The second-order valence-corrected chi connectivity index (χ2v) is 5.32. The zero-order chi connectivity index (χ0) is 13.5. The number of carbonyl (C=O) groups is 1. The largest absolute Gasteiger partial charge is 0.496 e. The highest BCUT2D eigenvalue weighted by Crippen LogP contribution is 2.25. The highest BCUT2D eigenvalue weighted by molar-refractivity contribution is 14.1. The Morgan fingerprint density at radius 2 is 2.11 bits per heavy atom. The molecule has 0 N–H and O–H groups in total. The Morgan fingerprint density at radius 3 is 2.72 bits per heavy atom. The van der Waals surface area contributed by atoms with Crippen molar-refractivity contribution in [2.75, 3.05) is 20.3 Å². The Morgan fingerprint density at radius 1 is 1.39 bits per heavy atom. The molecule has 0 spiro atoms. The monoisotopic (exact) mass is 364 g/mol. The molecule has 1 aromatic carbocycles. The van der Waals surface area contributed by atoms with Gasteiger partial charge in [0, 0.05) is 6.07 Å². The van der Waals surface area contributed by atoms with Crippen LogP contribution in [-0.2, 0) is 9.53 Å². The number of rotatable bonds is 6. The van der Waals surface area contributed by atoms with E-state index in [4.69, 9.17) is 14.2 Å². The lowest BCUT2D eigenvalue weighted by atomic mass is 10.2. The molecule has 0 saturated carbocycles. The zero-order valence-corrected chi connectivity index (χ0v) is 12.9. The number of hydrogen-bond donors (Lipinski definition) is 0. The summed E-state index contributed by atoms with van der Waals surface area (Å²) in [6, 6.07) is 5.41. The smallest absolute Gasteiger partial charge is 0.344 e. The summed E-state index contributed by atoms with van der Waals surface area (Å²) in [5, 5.41) is 0. The molecule has 0 bridgehead atoms. The summed E-state index contributed by atoms with van der Waals surface area (Å²) < 4.78 is 16.5. The van der Waals surface area contributed by atoms with Gasteiger partial charge < -0.3 is 14.2 Å². The lowest BCUT2D eigenvalue weighted by molar-refractivity contribution is -0.147. The van der Waals surface area contributed by atoms with Crippen molar-refractivity contribution in [1.29, 1.82) is 0 Å². The third-order valence-electron chi connectivity index (χ3n) is 2.06. The molecule has 1 aromatic rings. The second-order valence-electron chi connectivity index (χ2n) is 4.16. The summed E-state index contributed by atoms with van der Waals surface area (Å²) in [6.45, 7) is 4.30. The van der Waals surface area contributed by atoms with Crippen LogP contribution >= 0.6 is 22.6 Å². The summed E-state index contributed by atoms with van der Waals surface area (Å²) >= 11 is 2.17. The fourth-order valence-corrected chi connectivity index (χ4v) is 1.73. The van der Waals surface area contributed by atoms with Gasteiger partial charge >= 0.3 is 5.97 Å². The zero-order valence-electron chi connectivity index (χ0n) is 10.7. The van der Waals surface area contributed by atoms with E-state index in [1.54, 1.807) is 19.2 Å².